The van der Waals surface area contributed by atoms with Crippen molar-refractivity contribution in [2.45, 2.75) is 35.7 Å². The molecule has 160 valence electrons. The molecule has 10 heteroatoms. The zero-order valence-electron chi connectivity index (χ0n) is 17.1. The number of halogens is 1. The van der Waals surface area contributed by atoms with Crippen molar-refractivity contribution >= 4 is 56.0 Å². The van der Waals surface area contributed by atoms with Gasteiger partial charge in [-0.1, -0.05) is 35.5 Å². The molecule has 1 amide bonds. The number of imidazole rings is 1. The minimum absolute atomic E-state index is 0.0555. The van der Waals surface area contributed by atoms with Gasteiger partial charge in [-0.15, -0.1) is 0 Å². The Kier molecular flexibility index (Phi) is 6.76. The van der Waals surface area contributed by atoms with Crippen LogP contribution in [0.5, 0.6) is 0 Å². The van der Waals surface area contributed by atoms with E-state index in [9.17, 15) is 13.2 Å². The largest absolute Gasteiger partial charge is 0.325 e. The normalized spacial score (nSPS) is 13.0. The number of para-hydroxylation sites is 2. The molecule has 2 aromatic carbocycles. The van der Waals surface area contributed by atoms with Crippen molar-refractivity contribution in [2.24, 2.45) is 0 Å². The molecule has 0 bridgehead atoms. The van der Waals surface area contributed by atoms with Gasteiger partial charge in [0.05, 0.1) is 21.3 Å². The number of amides is 1. The second-order valence-corrected chi connectivity index (χ2v) is 10.6. The van der Waals surface area contributed by atoms with Crippen LogP contribution in [0.1, 0.15) is 13.8 Å². The fourth-order valence-corrected chi connectivity index (χ4v) is 5.26. The number of anilines is 1. The van der Waals surface area contributed by atoms with Crippen LogP contribution < -0.4 is 5.32 Å². The summed E-state index contributed by atoms with van der Waals surface area (Å²) in [4.78, 5) is 17.3. The van der Waals surface area contributed by atoms with Gasteiger partial charge in [-0.3, -0.25) is 4.79 Å². The lowest BCUT2D eigenvalue weighted by Crippen LogP contribution is -2.24. The summed E-state index contributed by atoms with van der Waals surface area (Å²) in [6.07, 6.45) is 0. The van der Waals surface area contributed by atoms with Crippen LogP contribution in [-0.2, 0) is 21.4 Å². The van der Waals surface area contributed by atoms with Gasteiger partial charge in [0.25, 0.3) is 0 Å². The second-order valence-electron chi connectivity index (χ2n) is 6.81. The number of aromatic nitrogens is 2. The van der Waals surface area contributed by atoms with Crippen molar-refractivity contribution < 1.29 is 13.2 Å². The van der Waals surface area contributed by atoms with Gasteiger partial charge in [0.15, 0.2) is 5.16 Å². The summed E-state index contributed by atoms with van der Waals surface area (Å²) >= 11 is 7.42. The maximum absolute atomic E-state index is 12.7. The highest BCUT2D eigenvalue weighted by atomic mass is 35.5. The minimum Gasteiger partial charge on any atom is -0.325 e. The summed E-state index contributed by atoms with van der Waals surface area (Å²) in [6, 6.07) is 12.2. The van der Waals surface area contributed by atoms with Crippen molar-refractivity contribution in [1.82, 2.24) is 13.9 Å². The van der Waals surface area contributed by atoms with Crippen LogP contribution in [-0.4, -0.2) is 47.5 Å². The van der Waals surface area contributed by atoms with E-state index < -0.39 is 15.3 Å². The molecule has 1 unspecified atom stereocenters. The topological polar surface area (TPSA) is 84.3 Å². The van der Waals surface area contributed by atoms with Gasteiger partial charge in [-0.05, 0) is 44.2 Å². The van der Waals surface area contributed by atoms with E-state index in [-0.39, 0.29) is 15.8 Å². The lowest BCUT2D eigenvalue weighted by Gasteiger charge is -2.16. The highest BCUT2D eigenvalue weighted by Gasteiger charge is 2.23. The Morgan fingerprint density at radius 2 is 1.97 bits per heavy atom. The first-order valence-corrected chi connectivity index (χ1v) is 12.0. The van der Waals surface area contributed by atoms with Crippen molar-refractivity contribution in [3.05, 3.63) is 47.5 Å². The van der Waals surface area contributed by atoms with Crippen LogP contribution in [0.25, 0.3) is 11.0 Å². The number of nitrogens with zero attached hydrogens (tertiary/aromatic N) is 3. The molecule has 1 heterocycles. The number of aryl methyl sites for hydroxylation is 1. The first kappa shape index (κ1) is 22.6. The number of nitrogens with one attached hydrogen (secondary N) is 1. The molecule has 3 rings (SSSR count). The molecule has 0 spiro atoms. The molecule has 0 aliphatic carbocycles. The quantitative estimate of drug-likeness (QED) is 0.530. The standard InChI is InChI=1S/C20H23ClN4O3S2/c1-5-25-17-9-7-6-8-16(17)23-20(25)29-13(2)19(26)22-14-10-11-15(21)18(12-14)30(27,28)24(3)4/h6-13H,5H2,1-4H3,(H,22,26). The predicted molar refractivity (Wildman–Crippen MR) is 122 cm³/mol. The average Bonchev–Trinajstić information content (AvgIpc) is 3.05. The number of hydrogen-bond acceptors (Lipinski definition) is 5. The number of rotatable bonds is 7. The number of carbonyl (C=O) groups excluding carboxylic acids is 1. The van der Waals surface area contributed by atoms with Gasteiger partial charge in [0.1, 0.15) is 4.90 Å². The summed E-state index contributed by atoms with van der Waals surface area (Å²) in [6.45, 7) is 4.55. The lowest BCUT2D eigenvalue weighted by atomic mass is 10.3. The summed E-state index contributed by atoms with van der Waals surface area (Å²) in [5.41, 5.74) is 2.26. The maximum Gasteiger partial charge on any atom is 0.244 e. The molecular weight excluding hydrogens is 444 g/mol. The molecule has 3 aromatic rings. The Hall–Kier alpha value is -2.07. The Labute approximate surface area is 185 Å². The molecule has 30 heavy (non-hydrogen) atoms. The van der Waals surface area contributed by atoms with Crippen LogP contribution in [0.3, 0.4) is 0 Å². The van der Waals surface area contributed by atoms with Crippen LogP contribution >= 0.6 is 23.4 Å². The molecule has 0 aliphatic heterocycles. The van der Waals surface area contributed by atoms with Crippen molar-refractivity contribution in [2.75, 3.05) is 19.4 Å². The van der Waals surface area contributed by atoms with Gasteiger partial charge in [-0.2, -0.15) is 0 Å². The van der Waals surface area contributed by atoms with Crippen LogP contribution in [0.15, 0.2) is 52.5 Å². The number of benzene rings is 2. The Morgan fingerprint density at radius 3 is 2.63 bits per heavy atom. The van der Waals surface area contributed by atoms with Crippen LogP contribution in [0.4, 0.5) is 5.69 Å². The Bertz CT molecular complexity index is 1190. The smallest absolute Gasteiger partial charge is 0.244 e. The SMILES string of the molecule is CCn1c(SC(C)C(=O)Nc2ccc(Cl)c(S(=O)(=O)N(C)C)c2)nc2ccccc21. The maximum atomic E-state index is 12.7. The Balaban J connectivity index is 1.80. The minimum atomic E-state index is -3.73. The average molecular weight is 467 g/mol. The Morgan fingerprint density at radius 1 is 1.27 bits per heavy atom. The van der Waals surface area contributed by atoms with E-state index >= 15 is 0 Å². The molecule has 1 aromatic heterocycles. The number of hydrogen-bond donors (Lipinski definition) is 1. The highest BCUT2D eigenvalue weighted by Crippen LogP contribution is 2.29. The van der Waals surface area contributed by atoms with Gasteiger partial charge in [-0.25, -0.2) is 17.7 Å². The van der Waals surface area contributed by atoms with E-state index in [0.29, 0.717) is 5.69 Å². The molecule has 0 aliphatic rings. The number of fused-ring (bicyclic) bond motifs is 1. The van der Waals surface area contributed by atoms with E-state index in [0.717, 1.165) is 27.0 Å². The number of carbonyl (C=O) groups is 1. The van der Waals surface area contributed by atoms with Crippen molar-refractivity contribution in [3.8, 4) is 0 Å². The fourth-order valence-electron chi connectivity index (χ4n) is 2.88. The molecule has 0 saturated heterocycles. The summed E-state index contributed by atoms with van der Waals surface area (Å²) < 4.78 is 28.0. The lowest BCUT2D eigenvalue weighted by molar-refractivity contribution is -0.115. The van der Waals surface area contributed by atoms with Crippen molar-refractivity contribution in [3.63, 3.8) is 0 Å². The molecule has 7 nitrogen and oxygen atoms in total. The molecule has 0 saturated carbocycles. The predicted octanol–water partition coefficient (Wildman–Crippen LogP) is 4.08. The van der Waals surface area contributed by atoms with E-state index in [1.54, 1.807) is 13.0 Å². The molecular formula is C20H23ClN4O3S2. The first-order chi connectivity index (χ1) is 14.1. The van der Waals surface area contributed by atoms with Crippen molar-refractivity contribution in [1.29, 1.82) is 0 Å². The molecule has 1 N–H and O–H groups in total. The summed E-state index contributed by atoms with van der Waals surface area (Å²) in [7, 11) is -0.875. The summed E-state index contributed by atoms with van der Waals surface area (Å²) in [5.74, 6) is -0.259. The van der Waals surface area contributed by atoms with Gasteiger partial charge in [0.2, 0.25) is 15.9 Å². The first-order valence-electron chi connectivity index (χ1n) is 9.30. The highest BCUT2D eigenvalue weighted by molar-refractivity contribution is 8.00. The number of thioether (sulfide) groups is 1. The fraction of sp³-hybridized carbons (Fsp3) is 0.300. The zero-order valence-corrected chi connectivity index (χ0v) is 19.5. The zero-order chi connectivity index (χ0) is 22.1. The van der Waals surface area contributed by atoms with Gasteiger partial charge >= 0.3 is 0 Å². The third-order valence-electron chi connectivity index (χ3n) is 4.54. The molecule has 0 fully saturated rings. The van der Waals surface area contributed by atoms with E-state index in [1.807, 2.05) is 31.2 Å². The van der Waals surface area contributed by atoms with Crippen LogP contribution in [0, 0.1) is 0 Å². The van der Waals surface area contributed by atoms with Gasteiger partial charge < -0.3 is 9.88 Å². The molecule has 1 atom stereocenters. The third kappa shape index (κ3) is 4.49. The summed E-state index contributed by atoms with van der Waals surface area (Å²) in [5, 5.41) is 3.18. The van der Waals surface area contributed by atoms with E-state index in [1.165, 1.54) is 38.0 Å². The third-order valence-corrected chi connectivity index (χ3v) is 7.93. The second kappa shape index (κ2) is 8.97. The van der Waals surface area contributed by atoms with Crippen LogP contribution in [0.2, 0.25) is 5.02 Å². The monoisotopic (exact) mass is 466 g/mol. The van der Waals surface area contributed by atoms with E-state index in [4.69, 9.17) is 11.6 Å². The van der Waals surface area contributed by atoms with Gasteiger partial charge in [0, 0.05) is 26.3 Å². The van der Waals surface area contributed by atoms with E-state index in [2.05, 4.69) is 14.9 Å². The number of sulfonamides is 1. The molecule has 0 radical (unpaired) electrons.